The van der Waals surface area contributed by atoms with E-state index in [9.17, 15) is 4.79 Å². The van der Waals surface area contributed by atoms with E-state index < -0.39 is 0 Å². The molecule has 0 aromatic heterocycles. The summed E-state index contributed by atoms with van der Waals surface area (Å²) >= 11 is 0. The molecule has 1 amide bonds. The Hall–Kier alpha value is -0.870. The Morgan fingerprint density at radius 2 is 2.09 bits per heavy atom. The summed E-state index contributed by atoms with van der Waals surface area (Å²) in [6.07, 6.45) is 9.46. The molecular formula is C19H32N2O2. The highest BCUT2D eigenvalue weighted by molar-refractivity contribution is 5.79. The zero-order valence-electron chi connectivity index (χ0n) is 14.9. The van der Waals surface area contributed by atoms with E-state index in [1.165, 1.54) is 24.8 Å². The summed E-state index contributed by atoms with van der Waals surface area (Å²) < 4.78 is 5.88. The molecule has 0 saturated carbocycles. The number of amides is 1. The summed E-state index contributed by atoms with van der Waals surface area (Å²) in [6.45, 7) is 10.2. The smallest absolute Gasteiger partial charge is 0.223 e. The van der Waals surface area contributed by atoms with Crippen LogP contribution in [0.15, 0.2) is 11.6 Å². The fourth-order valence-corrected chi connectivity index (χ4v) is 4.22. The molecular weight excluding hydrogens is 288 g/mol. The van der Waals surface area contributed by atoms with Crippen LogP contribution in [-0.4, -0.2) is 61.1 Å². The van der Waals surface area contributed by atoms with E-state index in [0.717, 1.165) is 58.6 Å². The Bertz CT molecular complexity index is 442. The zero-order chi connectivity index (χ0) is 16.3. The van der Waals surface area contributed by atoms with Crippen LogP contribution in [0.3, 0.4) is 0 Å². The average molecular weight is 320 g/mol. The molecule has 0 radical (unpaired) electrons. The molecule has 3 rings (SSSR count). The van der Waals surface area contributed by atoms with Gasteiger partial charge in [-0.3, -0.25) is 4.79 Å². The highest BCUT2D eigenvalue weighted by Crippen LogP contribution is 2.41. The van der Waals surface area contributed by atoms with Crippen molar-refractivity contribution in [3.8, 4) is 0 Å². The van der Waals surface area contributed by atoms with E-state index >= 15 is 0 Å². The second-order valence-corrected chi connectivity index (χ2v) is 8.02. The third kappa shape index (κ3) is 4.36. The van der Waals surface area contributed by atoms with Gasteiger partial charge >= 0.3 is 0 Å². The Balaban J connectivity index is 1.48. The van der Waals surface area contributed by atoms with Crippen LogP contribution in [0.25, 0.3) is 0 Å². The Morgan fingerprint density at radius 1 is 1.30 bits per heavy atom. The molecule has 0 aliphatic carbocycles. The lowest BCUT2D eigenvalue weighted by molar-refractivity contribution is -0.127. The van der Waals surface area contributed by atoms with Gasteiger partial charge in [0.1, 0.15) is 0 Å². The van der Waals surface area contributed by atoms with Crippen molar-refractivity contribution in [3.05, 3.63) is 11.6 Å². The molecule has 23 heavy (non-hydrogen) atoms. The van der Waals surface area contributed by atoms with Crippen molar-refractivity contribution in [2.45, 2.75) is 58.5 Å². The van der Waals surface area contributed by atoms with Gasteiger partial charge in [0.15, 0.2) is 0 Å². The number of carbonyl (C=O) groups is 1. The summed E-state index contributed by atoms with van der Waals surface area (Å²) in [7, 11) is 0. The number of likely N-dealkylation sites (tertiary alicyclic amines) is 2. The van der Waals surface area contributed by atoms with E-state index in [-0.39, 0.29) is 5.41 Å². The van der Waals surface area contributed by atoms with Crippen molar-refractivity contribution in [2.24, 2.45) is 5.41 Å². The van der Waals surface area contributed by atoms with Gasteiger partial charge in [-0.1, -0.05) is 11.6 Å². The van der Waals surface area contributed by atoms with Gasteiger partial charge in [-0.25, -0.2) is 0 Å². The predicted molar refractivity (Wildman–Crippen MR) is 92.3 cm³/mol. The number of hydrogen-bond donors (Lipinski definition) is 0. The number of piperidine rings is 1. The molecule has 0 bridgehead atoms. The quantitative estimate of drug-likeness (QED) is 0.747. The highest BCUT2D eigenvalue weighted by atomic mass is 16.5. The molecule has 0 unspecified atom stereocenters. The van der Waals surface area contributed by atoms with Gasteiger partial charge in [-0.05, 0) is 64.5 Å². The average Bonchev–Trinajstić information content (AvgIpc) is 2.85. The monoisotopic (exact) mass is 320 g/mol. The van der Waals surface area contributed by atoms with Crippen molar-refractivity contribution in [1.29, 1.82) is 0 Å². The zero-order valence-corrected chi connectivity index (χ0v) is 14.9. The molecule has 0 aromatic rings. The van der Waals surface area contributed by atoms with Gasteiger partial charge in [-0.2, -0.15) is 0 Å². The molecule has 4 heteroatoms. The molecule has 3 fully saturated rings. The van der Waals surface area contributed by atoms with Crippen molar-refractivity contribution in [1.82, 2.24) is 9.80 Å². The van der Waals surface area contributed by atoms with Gasteiger partial charge in [0.25, 0.3) is 0 Å². The summed E-state index contributed by atoms with van der Waals surface area (Å²) in [4.78, 5) is 16.9. The van der Waals surface area contributed by atoms with E-state index in [0.29, 0.717) is 12.0 Å². The lowest BCUT2D eigenvalue weighted by atomic mass is 9.77. The van der Waals surface area contributed by atoms with Crippen LogP contribution in [0, 0.1) is 5.41 Å². The number of ether oxygens (including phenoxy) is 1. The number of hydrogen-bond acceptors (Lipinski definition) is 3. The first-order chi connectivity index (χ1) is 11.1. The van der Waals surface area contributed by atoms with Crippen LogP contribution >= 0.6 is 0 Å². The van der Waals surface area contributed by atoms with E-state index in [4.69, 9.17) is 4.74 Å². The number of rotatable bonds is 4. The first kappa shape index (κ1) is 17.0. The maximum Gasteiger partial charge on any atom is 0.223 e. The molecule has 3 aliphatic rings. The molecule has 130 valence electrons. The van der Waals surface area contributed by atoms with Crippen LogP contribution < -0.4 is 0 Å². The normalized spacial score (nSPS) is 28.3. The Kier molecular flexibility index (Phi) is 5.42. The minimum absolute atomic E-state index is 0.247. The van der Waals surface area contributed by atoms with E-state index in [1.807, 2.05) is 0 Å². The largest absolute Gasteiger partial charge is 0.377 e. The first-order valence-electron chi connectivity index (χ1n) is 9.31. The number of carbonyl (C=O) groups excluding carboxylic acids is 1. The van der Waals surface area contributed by atoms with Crippen molar-refractivity contribution < 1.29 is 9.53 Å². The van der Waals surface area contributed by atoms with Gasteiger partial charge in [-0.15, -0.1) is 0 Å². The fourth-order valence-electron chi connectivity index (χ4n) is 4.22. The van der Waals surface area contributed by atoms with Gasteiger partial charge in [0.05, 0.1) is 6.10 Å². The Morgan fingerprint density at radius 3 is 2.74 bits per heavy atom. The second-order valence-electron chi connectivity index (χ2n) is 8.02. The molecule has 1 atom stereocenters. The predicted octanol–water partition coefficient (Wildman–Crippen LogP) is 2.84. The van der Waals surface area contributed by atoms with Crippen LogP contribution in [0.2, 0.25) is 0 Å². The molecule has 4 nitrogen and oxygen atoms in total. The number of nitrogens with zero attached hydrogens (tertiary/aromatic N) is 2. The molecule has 1 spiro atoms. The molecule has 0 N–H and O–H groups in total. The lowest BCUT2D eigenvalue weighted by Crippen LogP contribution is -2.45. The highest BCUT2D eigenvalue weighted by Gasteiger charge is 2.44. The second kappa shape index (κ2) is 7.35. The summed E-state index contributed by atoms with van der Waals surface area (Å²) in [5.41, 5.74) is 1.54. The maximum absolute atomic E-state index is 12.3. The van der Waals surface area contributed by atoms with Gasteiger partial charge < -0.3 is 14.5 Å². The topological polar surface area (TPSA) is 32.8 Å². The minimum atomic E-state index is 0.247. The van der Waals surface area contributed by atoms with Crippen LogP contribution in [0.5, 0.6) is 0 Å². The van der Waals surface area contributed by atoms with E-state index in [1.54, 1.807) is 0 Å². The molecule has 3 aliphatic heterocycles. The first-order valence-corrected chi connectivity index (χ1v) is 9.31. The van der Waals surface area contributed by atoms with Crippen molar-refractivity contribution in [3.63, 3.8) is 0 Å². The van der Waals surface area contributed by atoms with Crippen molar-refractivity contribution in [2.75, 3.05) is 39.3 Å². The van der Waals surface area contributed by atoms with Crippen LogP contribution in [0.4, 0.5) is 0 Å². The molecule has 0 aromatic carbocycles. The van der Waals surface area contributed by atoms with Crippen molar-refractivity contribution >= 4 is 5.91 Å². The van der Waals surface area contributed by atoms with Gasteiger partial charge in [0.2, 0.25) is 5.91 Å². The third-order valence-electron chi connectivity index (χ3n) is 5.78. The number of allylic oxidation sites excluding steroid dienone is 1. The van der Waals surface area contributed by atoms with Crippen LogP contribution in [0.1, 0.15) is 52.4 Å². The van der Waals surface area contributed by atoms with Gasteiger partial charge in [0, 0.05) is 32.7 Å². The Labute approximate surface area is 140 Å². The maximum atomic E-state index is 12.3. The fraction of sp³-hybridized carbons (Fsp3) is 0.842. The minimum Gasteiger partial charge on any atom is -0.377 e. The lowest BCUT2D eigenvalue weighted by Gasteiger charge is -2.40. The molecule has 3 heterocycles. The van der Waals surface area contributed by atoms with Crippen LogP contribution in [-0.2, 0) is 9.53 Å². The summed E-state index contributed by atoms with van der Waals surface area (Å²) in [5, 5.41) is 0. The standard InChI is InChI=1S/C19H32N2O2/c1-16(2)6-9-21-15-19(13-18(21)22)7-10-20(11-8-19)14-17-5-3-4-12-23-17/h6,17H,3-5,7-15H2,1-2H3/t17-/m1/s1. The summed E-state index contributed by atoms with van der Waals surface area (Å²) in [6, 6.07) is 0. The third-order valence-corrected chi connectivity index (χ3v) is 5.78. The SMILES string of the molecule is CC(C)=CCN1CC2(CCN(C[C@H]3CCCCO3)CC2)CC1=O. The molecule has 3 saturated heterocycles. The summed E-state index contributed by atoms with van der Waals surface area (Å²) in [5.74, 6) is 0.353. The van der Waals surface area contributed by atoms with E-state index in [2.05, 4.69) is 29.7 Å².